The highest BCUT2D eigenvalue weighted by Gasteiger charge is 2.28. The molecule has 4 rings (SSSR count). The van der Waals surface area contributed by atoms with E-state index in [4.69, 9.17) is 0 Å². The Bertz CT molecular complexity index is 1160. The van der Waals surface area contributed by atoms with E-state index in [-0.39, 0.29) is 18.2 Å². The quantitative estimate of drug-likeness (QED) is 0.569. The minimum atomic E-state index is -3.37. The van der Waals surface area contributed by atoms with Gasteiger partial charge < -0.3 is 0 Å². The van der Waals surface area contributed by atoms with Gasteiger partial charge in [0, 0.05) is 31.7 Å². The predicted molar refractivity (Wildman–Crippen MR) is 126 cm³/mol. The summed E-state index contributed by atoms with van der Waals surface area (Å²) in [6.07, 6.45) is 0. The first-order valence-electron chi connectivity index (χ1n) is 10.3. The van der Waals surface area contributed by atoms with Crippen molar-refractivity contribution in [1.82, 2.24) is 19.4 Å². The van der Waals surface area contributed by atoms with Crippen molar-refractivity contribution in [3.05, 3.63) is 65.7 Å². The maximum Gasteiger partial charge on any atom is 0.240 e. The van der Waals surface area contributed by atoms with E-state index in [0.717, 1.165) is 16.1 Å². The van der Waals surface area contributed by atoms with Crippen LogP contribution in [0.15, 0.2) is 54.6 Å². The first-order chi connectivity index (χ1) is 15.4. The van der Waals surface area contributed by atoms with Crippen molar-refractivity contribution in [3.8, 4) is 10.6 Å². The van der Waals surface area contributed by atoms with Gasteiger partial charge in [0.1, 0.15) is 5.01 Å². The van der Waals surface area contributed by atoms with Gasteiger partial charge in [-0.25, -0.2) is 8.42 Å². The zero-order chi connectivity index (χ0) is 22.6. The summed E-state index contributed by atoms with van der Waals surface area (Å²) in [6, 6.07) is 17.1. The van der Waals surface area contributed by atoms with Crippen LogP contribution >= 0.6 is 11.3 Å². The number of amides is 1. The van der Waals surface area contributed by atoms with E-state index in [0.29, 0.717) is 31.3 Å². The van der Waals surface area contributed by atoms with Crippen LogP contribution in [0.2, 0.25) is 0 Å². The van der Waals surface area contributed by atoms with Gasteiger partial charge in [-0.1, -0.05) is 71.5 Å². The Balaban J connectivity index is 1.26. The molecule has 168 valence electrons. The van der Waals surface area contributed by atoms with Crippen LogP contribution in [0.4, 0.5) is 5.13 Å². The Morgan fingerprint density at radius 3 is 2.38 bits per heavy atom. The van der Waals surface area contributed by atoms with Crippen molar-refractivity contribution < 1.29 is 13.2 Å². The van der Waals surface area contributed by atoms with E-state index < -0.39 is 10.0 Å². The van der Waals surface area contributed by atoms with Crippen LogP contribution in [-0.2, 0) is 20.6 Å². The van der Waals surface area contributed by atoms with Crippen molar-refractivity contribution >= 4 is 32.4 Å². The highest BCUT2D eigenvalue weighted by molar-refractivity contribution is 7.88. The van der Waals surface area contributed by atoms with Gasteiger partial charge in [-0.05, 0) is 12.5 Å². The van der Waals surface area contributed by atoms with Crippen LogP contribution < -0.4 is 5.32 Å². The lowest BCUT2D eigenvalue weighted by Crippen LogP contribution is -2.50. The average Bonchev–Trinajstić information content (AvgIpc) is 3.23. The summed E-state index contributed by atoms with van der Waals surface area (Å²) in [5, 5.41) is 12.2. The summed E-state index contributed by atoms with van der Waals surface area (Å²) < 4.78 is 26.9. The summed E-state index contributed by atoms with van der Waals surface area (Å²) in [7, 11) is -3.37. The number of piperazine rings is 1. The Morgan fingerprint density at radius 2 is 1.69 bits per heavy atom. The molecular weight excluding hydrogens is 446 g/mol. The van der Waals surface area contributed by atoms with Gasteiger partial charge in [0.2, 0.25) is 21.1 Å². The molecule has 1 amide bonds. The summed E-state index contributed by atoms with van der Waals surface area (Å²) in [4.78, 5) is 14.4. The largest absolute Gasteiger partial charge is 0.299 e. The number of nitrogens with zero attached hydrogens (tertiary/aromatic N) is 4. The van der Waals surface area contributed by atoms with Gasteiger partial charge in [-0.15, -0.1) is 10.2 Å². The van der Waals surface area contributed by atoms with E-state index in [1.165, 1.54) is 21.2 Å². The Kier molecular flexibility index (Phi) is 6.95. The van der Waals surface area contributed by atoms with E-state index >= 15 is 0 Å². The van der Waals surface area contributed by atoms with Crippen molar-refractivity contribution in [2.75, 3.05) is 38.0 Å². The number of benzene rings is 2. The normalized spacial score (nSPS) is 15.5. The maximum absolute atomic E-state index is 12.7. The third kappa shape index (κ3) is 5.77. The Labute approximate surface area is 191 Å². The summed E-state index contributed by atoms with van der Waals surface area (Å²) >= 11 is 1.33. The van der Waals surface area contributed by atoms with Gasteiger partial charge in [0.15, 0.2) is 0 Å². The molecule has 3 aromatic rings. The second-order valence-electron chi connectivity index (χ2n) is 7.74. The number of hydrogen-bond donors (Lipinski definition) is 1. The van der Waals surface area contributed by atoms with Gasteiger partial charge in [0.25, 0.3) is 0 Å². The predicted octanol–water partition coefficient (Wildman–Crippen LogP) is 2.60. The SMILES string of the molecule is Cc1ccc(-c2nnc(NC(=O)CN3CCN(S(=O)(=O)Cc4ccccc4)CC3)s2)cc1. The maximum atomic E-state index is 12.7. The molecule has 1 aliphatic heterocycles. The lowest BCUT2D eigenvalue weighted by Gasteiger charge is -2.33. The number of aryl methyl sites for hydroxylation is 1. The number of aromatic nitrogens is 2. The number of carbonyl (C=O) groups excluding carboxylic acids is 1. The molecular formula is C22H25N5O3S2. The molecule has 0 aliphatic carbocycles. The van der Waals surface area contributed by atoms with Gasteiger partial charge >= 0.3 is 0 Å². The van der Waals surface area contributed by atoms with Crippen LogP contribution in [0.3, 0.4) is 0 Å². The van der Waals surface area contributed by atoms with Crippen LogP contribution in [0.1, 0.15) is 11.1 Å². The molecule has 0 bridgehead atoms. The molecule has 1 N–H and O–H groups in total. The van der Waals surface area contributed by atoms with Crippen LogP contribution in [0.5, 0.6) is 0 Å². The molecule has 1 aliphatic rings. The third-order valence-corrected chi connectivity index (χ3v) is 7.99. The fraction of sp³-hybridized carbons (Fsp3) is 0.318. The summed E-state index contributed by atoms with van der Waals surface area (Å²) in [6.45, 7) is 3.97. The topological polar surface area (TPSA) is 95.5 Å². The Hall–Kier alpha value is -2.66. The monoisotopic (exact) mass is 471 g/mol. The molecule has 0 saturated carbocycles. The smallest absolute Gasteiger partial charge is 0.240 e. The van der Waals surface area contributed by atoms with Crippen LogP contribution in [0.25, 0.3) is 10.6 Å². The molecule has 0 unspecified atom stereocenters. The Morgan fingerprint density at radius 1 is 1.00 bits per heavy atom. The zero-order valence-electron chi connectivity index (χ0n) is 17.8. The molecule has 32 heavy (non-hydrogen) atoms. The van der Waals surface area contributed by atoms with Gasteiger partial charge in [-0.3, -0.25) is 15.0 Å². The fourth-order valence-corrected chi connectivity index (χ4v) is 5.77. The molecule has 2 aromatic carbocycles. The molecule has 0 atom stereocenters. The summed E-state index contributed by atoms with van der Waals surface area (Å²) in [5.74, 6) is -0.188. The lowest BCUT2D eigenvalue weighted by molar-refractivity contribution is -0.117. The highest BCUT2D eigenvalue weighted by atomic mass is 32.2. The number of sulfonamides is 1. The zero-order valence-corrected chi connectivity index (χ0v) is 19.4. The first-order valence-corrected chi connectivity index (χ1v) is 12.8. The van der Waals surface area contributed by atoms with Gasteiger partial charge in [-0.2, -0.15) is 4.31 Å². The van der Waals surface area contributed by atoms with Crippen molar-refractivity contribution in [1.29, 1.82) is 0 Å². The number of nitrogens with one attached hydrogen (secondary N) is 1. The van der Waals surface area contributed by atoms with Crippen LogP contribution in [0, 0.1) is 6.92 Å². The molecule has 0 spiro atoms. The lowest BCUT2D eigenvalue weighted by atomic mass is 10.2. The molecule has 8 nitrogen and oxygen atoms in total. The van der Waals surface area contributed by atoms with E-state index in [9.17, 15) is 13.2 Å². The first kappa shape index (κ1) is 22.5. The third-order valence-electron chi connectivity index (χ3n) is 5.25. The minimum Gasteiger partial charge on any atom is -0.299 e. The molecule has 0 radical (unpaired) electrons. The van der Waals surface area contributed by atoms with E-state index in [2.05, 4.69) is 15.5 Å². The second kappa shape index (κ2) is 9.86. The molecule has 2 heterocycles. The number of hydrogen-bond acceptors (Lipinski definition) is 7. The van der Waals surface area contributed by atoms with E-state index in [1.54, 1.807) is 0 Å². The van der Waals surface area contributed by atoms with Crippen molar-refractivity contribution in [3.63, 3.8) is 0 Å². The van der Waals surface area contributed by atoms with Crippen LogP contribution in [-0.4, -0.2) is 66.5 Å². The van der Waals surface area contributed by atoms with Crippen molar-refractivity contribution in [2.24, 2.45) is 0 Å². The second-order valence-corrected chi connectivity index (χ2v) is 10.7. The van der Waals surface area contributed by atoms with E-state index in [1.807, 2.05) is 66.4 Å². The van der Waals surface area contributed by atoms with Gasteiger partial charge in [0.05, 0.1) is 12.3 Å². The fourth-order valence-electron chi connectivity index (χ4n) is 3.49. The minimum absolute atomic E-state index is 0.00527. The molecule has 1 aromatic heterocycles. The standard InChI is InChI=1S/C22H25N5O3S2/c1-17-7-9-19(10-8-17)21-24-25-22(31-21)23-20(28)15-26-11-13-27(14-12-26)32(29,30)16-18-5-3-2-4-6-18/h2-10H,11-16H2,1H3,(H,23,25,28). The molecule has 10 heteroatoms. The molecule has 1 saturated heterocycles. The highest BCUT2D eigenvalue weighted by Crippen LogP contribution is 2.26. The molecule has 1 fully saturated rings. The number of rotatable bonds is 7. The number of carbonyl (C=O) groups is 1. The summed E-state index contributed by atoms with van der Waals surface area (Å²) in [5.41, 5.74) is 2.90. The van der Waals surface area contributed by atoms with Crippen molar-refractivity contribution in [2.45, 2.75) is 12.7 Å². The average molecular weight is 472 g/mol. The number of anilines is 1.